The number of para-hydroxylation sites is 3. The van der Waals surface area contributed by atoms with E-state index < -0.39 is 0 Å². The number of aromatic nitrogens is 3. The molecule has 0 aliphatic heterocycles. The Bertz CT molecular complexity index is 3230. The molecule has 3 heterocycles. The Morgan fingerprint density at radius 3 is 1.47 bits per heavy atom. The summed E-state index contributed by atoms with van der Waals surface area (Å²) in [4.78, 5) is 18.0. The van der Waals surface area contributed by atoms with Gasteiger partial charge in [0.15, 0.2) is 0 Å². The van der Waals surface area contributed by atoms with Crippen LogP contribution in [0.1, 0.15) is 0 Å². The largest absolute Gasteiger partial charge is 0.310 e. The predicted molar refractivity (Wildman–Crippen MR) is 238 cm³/mol. The molecule has 4 heteroatoms. The van der Waals surface area contributed by atoms with Gasteiger partial charge in [0.25, 0.3) is 0 Å². The van der Waals surface area contributed by atoms with Crippen molar-refractivity contribution >= 4 is 71.3 Å². The van der Waals surface area contributed by atoms with Crippen LogP contribution in [-0.2, 0) is 0 Å². The first-order valence-electron chi connectivity index (χ1n) is 19.3. The van der Waals surface area contributed by atoms with Crippen molar-refractivity contribution in [3.05, 3.63) is 206 Å². The molecule has 0 N–H and O–H groups in total. The fourth-order valence-corrected chi connectivity index (χ4v) is 8.22. The summed E-state index contributed by atoms with van der Waals surface area (Å²) in [5.74, 6) is 0. The molecule has 266 valence electrons. The Balaban J connectivity index is 1.04. The third-order valence-electron chi connectivity index (χ3n) is 11.0. The second-order valence-corrected chi connectivity index (χ2v) is 14.4. The molecule has 0 amide bonds. The number of fused-ring (bicyclic) bond motifs is 8. The molecule has 0 aliphatic carbocycles. The van der Waals surface area contributed by atoms with E-state index in [1.54, 1.807) is 0 Å². The molecule has 0 saturated carbocycles. The van der Waals surface area contributed by atoms with Gasteiger partial charge in [-0.3, -0.25) is 0 Å². The Hall–Kier alpha value is -7.69. The molecule has 8 aromatic carbocycles. The van der Waals surface area contributed by atoms with Crippen molar-refractivity contribution < 1.29 is 0 Å². The normalized spacial score (nSPS) is 11.5. The standard InChI is InChI=1S/C53H34N4/c1-4-12-36(13-5-1)47-32-28-39-24-25-40-29-33-48(55-53(40)52(39)54-47)37-20-22-38(23-21-37)51-45-31-27-35-26-30-43(34-46(35)50(45)44-18-10-11-19-49(44)56-51)57(41-14-6-2-7-15-41)42-16-8-3-9-17-42/h1-34H. The van der Waals surface area contributed by atoms with E-state index in [0.717, 1.165) is 88.9 Å². The van der Waals surface area contributed by atoms with Crippen LogP contribution in [0.3, 0.4) is 0 Å². The van der Waals surface area contributed by atoms with Crippen LogP contribution in [-0.4, -0.2) is 15.0 Å². The summed E-state index contributed by atoms with van der Waals surface area (Å²) in [6.45, 7) is 0. The molecular weight excluding hydrogens is 693 g/mol. The predicted octanol–water partition coefficient (Wildman–Crippen LogP) is 14.1. The van der Waals surface area contributed by atoms with Crippen LogP contribution >= 0.6 is 0 Å². The van der Waals surface area contributed by atoms with Crippen molar-refractivity contribution in [1.82, 2.24) is 15.0 Å². The Morgan fingerprint density at radius 2 is 0.825 bits per heavy atom. The lowest BCUT2D eigenvalue weighted by Gasteiger charge is -2.26. The number of rotatable bonds is 6. The Labute approximate surface area is 330 Å². The second kappa shape index (κ2) is 13.6. The summed E-state index contributed by atoms with van der Waals surface area (Å²) in [7, 11) is 0. The number of benzene rings is 8. The molecule has 11 aromatic rings. The number of hydrogen-bond donors (Lipinski definition) is 0. The third kappa shape index (κ3) is 5.74. The lowest BCUT2D eigenvalue weighted by molar-refractivity contribution is 1.29. The SMILES string of the molecule is c1ccc(-c2ccc3ccc4ccc(-c5ccc(-c6nc7ccccc7c7c6ccc6ccc(N(c8ccccc8)c8ccccc8)cc67)cc5)nc4c3n2)cc1. The summed E-state index contributed by atoms with van der Waals surface area (Å²) < 4.78 is 0. The minimum absolute atomic E-state index is 0.901. The molecule has 0 spiro atoms. The van der Waals surface area contributed by atoms with Crippen molar-refractivity contribution in [1.29, 1.82) is 0 Å². The average Bonchev–Trinajstić information content (AvgIpc) is 3.29. The highest BCUT2D eigenvalue weighted by Crippen LogP contribution is 2.41. The fourth-order valence-electron chi connectivity index (χ4n) is 8.22. The summed E-state index contributed by atoms with van der Waals surface area (Å²) in [6.07, 6.45) is 0. The van der Waals surface area contributed by atoms with Crippen molar-refractivity contribution in [3.8, 4) is 33.8 Å². The van der Waals surface area contributed by atoms with Gasteiger partial charge in [-0.05, 0) is 65.4 Å². The molecule has 0 unspecified atom stereocenters. The number of pyridine rings is 3. The molecule has 0 bridgehead atoms. The smallest absolute Gasteiger partial charge is 0.0972 e. The summed E-state index contributed by atoms with van der Waals surface area (Å²) in [5, 5.41) is 7.97. The Morgan fingerprint density at radius 1 is 0.316 bits per heavy atom. The molecule has 0 aliphatic rings. The maximum atomic E-state index is 5.31. The first-order valence-corrected chi connectivity index (χ1v) is 19.3. The van der Waals surface area contributed by atoms with Crippen LogP contribution in [0.2, 0.25) is 0 Å². The minimum Gasteiger partial charge on any atom is -0.310 e. The third-order valence-corrected chi connectivity index (χ3v) is 11.0. The molecule has 3 aromatic heterocycles. The molecule has 4 nitrogen and oxygen atoms in total. The van der Waals surface area contributed by atoms with Gasteiger partial charge in [0, 0.05) is 60.7 Å². The van der Waals surface area contributed by atoms with Crippen LogP contribution < -0.4 is 4.90 Å². The van der Waals surface area contributed by atoms with E-state index in [4.69, 9.17) is 15.0 Å². The van der Waals surface area contributed by atoms with E-state index in [2.05, 4.69) is 193 Å². The van der Waals surface area contributed by atoms with Gasteiger partial charge in [-0.2, -0.15) is 0 Å². The molecule has 0 saturated heterocycles. The molecule has 57 heavy (non-hydrogen) atoms. The quantitative estimate of drug-likeness (QED) is 0.160. The van der Waals surface area contributed by atoms with Crippen LogP contribution in [0.5, 0.6) is 0 Å². The van der Waals surface area contributed by atoms with Crippen LogP contribution in [0.4, 0.5) is 17.1 Å². The van der Waals surface area contributed by atoms with Gasteiger partial charge in [0.05, 0.1) is 33.6 Å². The van der Waals surface area contributed by atoms with Gasteiger partial charge < -0.3 is 4.90 Å². The maximum Gasteiger partial charge on any atom is 0.0972 e. The first-order chi connectivity index (χ1) is 28.2. The van der Waals surface area contributed by atoms with Crippen molar-refractivity contribution in [2.45, 2.75) is 0 Å². The second-order valence-electron chi connectivity index (χ2n) is 14.4. The monoisotopic (exact) mass is 726 g/mol. The van der Waals surface area contributed by atoms with Crippen molar-refractivity contribution in [2.75, 3.05) is 4.90 Å². The van der Waals surface area contributed by atoms with E-state index in [1.165, 1.54) is 16.2 Å². The van der Waals surface area contributed by atoms with Crippen LogP contribution in [0, 0.1) is 0 Å². The molecule has 0 radical (unpaired) electrons. The number of nitrogens with zero attached hydrogens (tertiary/aromatic N) is 4. The van der Waals surface area contributed by atoms with Gasteiger partial charge >= 0.3 is 0 Å². The average molecular weight is 727 g/mol. The lowest BCUT2D eigenvalue weighted by Crippen LogP contribution is -2.09. The first kappa shape index (κ1) is 32.7. The van der Waals surface area contributed by atoms with Gasteiger partial charge in [-0.15, -0.1) is 0 Å². The highest BCUT2D eigenvalue weighted by molar-refractivity contribution is 6.23. The van der Waals surface area contributed by atoms with Gasteiger partial charge in [-0.25, -0.2) is 15.0 Å². The minimum atomic E-state index is 0.901. The topological polar surface area (TPSA) is 41.9 Å². The molecule has 11 rings (SSSR count). The van der Waals surface area contributed by atoms with E-state index in [9.17, 15) is 0 Å². The van der Waals surface area contributed by atoms with E-state index in [0.29, 0.717) is 0 Å². The van der Waals surface area contributed by atoms with Gasteiger partial charge in [0.1, 0.15) is 0 Å². The van der Waals surface area contributed by atoms with E-state index >= 15 is 0 Å². The highest BCUT2D eigenvalue weighted by atomic mass is 15.1. The van der Waals surface area contributed by atoms with Crippen LogP contribution in [0.15, 0.2) is 206 Å². The van der Waals surface area contributed by atoms with Gasteiger partial charge in [0.2, 0.25) is 0 Å². The van der Waals surface area contributed by atoms with Crippen molar-refractivity contribution in [2.24, 2.45) is 0 Å². The van der Waals surface area contributed by atoms with Crippen molar-refractivity contribution in [3.63, 3.8) is 0 Å². The highest BCUT2D eigenvalue weighted by Gasteiger charge is 2.17. The summed E-state index contributed by atoms with van der Waals surface area (Å²) >= 11 is 0. The summed E-state index contributed by atoms with van der Waals surface area (Å²) in [5.41, 5.74) is 12.1. The summed E-state index contributed by atoms with van der Waals surface area (Å²) in [6, 6.07) is 72.6. The lowest BCUT2D eigenvalue weighted by atomic mass is 9.94. The van der Waals surface area contributed by atoms with E-state index in [1.807, 2.05) is 18.2 Å². The Kier molecular flexibility index (Phi) is 7.78. The zero-order chi connectivity index (χ0) is 37.7. The molecular formula is C53H34N4. The zero-order valence-corrected chi connectivity index (χ0v) is 30.9. The number of hydrogen-bond acceptors (Lipinski definition) is 4. The maximum absolute atomic E-state index is 5.31. The molecule has 0 fully saturated rings. The van der Waals surface area contributed by atoms with E-state index in [-0.39, 0.29) is 0 Å². The number of anilines is 3. The van der Waals surface area contributed by atoms with Gasteiger partial charge in [-0.1, -0.05) is 152 Å². The zero-order valence-electron chi connectivity index (χ0n) is 30.9. The fraction of sp³-hybridized carbons (Fsp3) is 0. The van der Waals surface area contributed by atoms with Crippen LogP contribution in [0.25, 0.3) is 88.0 Å². The molecule has 0 atom stereocenters.